The highest BCUT2D eigenvalue weighted by molar-refractivity contribution is 5.91. The molecule has 0 aliphatic rings. The van der Waals surface area contributed by atoms with Crippen LogP contribution in [0, 0.1) is 0 Å². The van der Waals surface area contributed by atoms with Crippen molar-refractivity contribution >= 4 is 17.8 Å². The molecule has 2 rings (SSSR count). The van der Waals surface area contributed by atoms with Crippen LogP contribution < -0.4 is 16.4 Å². The molecule has 0 fully saturated rings. The fourth-order valence-electron chi connectivity index (χ4n) is 2.58. The Morgan fingerprint density at radius 2 is 1.85 bits per heavy atom. The summed E-state index contributed by atoms with van der Waals surface area (Å²) in [5.41, 5.74) is 6.81. The van der Waals surface area contributed by atoms with E-state index < -0.39 is 29.9 Å². The summed E-state index contributed by atoms with van der Waals surface area (Å²) < 4.78 is 1.72. The van der Waals surface area contributed by atoms with E-state index >= 15 is 0 Å². The van der Waals surface area contributed by atoms with E-state index in [-0.39, 0.29) is 19.4 Å². The van der Waals surface area contributed by atoms with Crippen LogP contribution >= 0.6 is 0 Å². The Hall–Kier alpha value is -3.20. The van der Waals surface area contributed by atoms with Crippen molar-refractivity contribution in [1.29, 1.82) is 0 Å². The zero-order valence-corrected chi connectivity index (χ0v) is 15.0. The molecule has 9 nitrogen and oxygen atoms in total. The van der Waals surface area contributed by atoms with Gasteiger partial charge in [-0.05, 0) is 5.56 Å². The molecule has 5 N–H and O–H groups in total. The number of benzene rings is 1. The number of carbonyl (C=O) groups is 3. The molecule has 0 aliphatic carbocycles. The Kier molecular flexibility index (Phi) is 7.07. The first kappa shape index (κ1) is 20.1. The summed E-state index contributed by atoms with van der Waals surface area (Å²) in [5, 5.41) is 14.5. The highest BCUT2D eigenvalue weighted by Gasteiger charge is 2.27. The van der Waals surface area contributed by atoms with E-state index in [1.54, 1.807) is 48.4 Å². The van der Waals surface area contributed by atoms with E-state index in [2.05, 4.69) is 15.6 Å². The van der Waals surface area contributed by atoms with E-state index in [0.29, 0.717) is 5.69 Å². The number of nitrogens with one attached hydrogen (secondary N) is 2. The quantitative estimate of drug-likeness (QED) is 0.455. The van der Waals surface area contributed by atoms with Crippen LogP contribution in [0.25, 0.3) is 0 Å². The van der Waals surface area contributed by atoms with Crippen LogP contribution in [0.3, 0.4) is 0 Å². The highest BCUT2D eigenvalue weighted by Crippen LogP contribution is 2.06. The Morgan fingerprint density at radius 1 is 1.15 bits per heavy atom. The Labute approximate surface area is 156 Å². The third kappa shape index (κ3) is 5.93. The number of aliphatic carboxylic acids is 1. The van der Waals surface area contributed by atoms with Gasteiger partial charge in [0.1, 0.15) is 12.1 Å². The van der Waals surface area contributed by atoms with Crippen LogP contribution in [-0.2, 0) is 34.3 Å². The number of carboxylic acid groups (broad SMARTS) is 1. The van der Waals surface area contributed by atoms with Crippen molar-refractivity contribution in [2.24, 2.45) is 12.8 Å². The summed E-state index contributed by atoms with van der Waals surface area (Å²) in [5.74, 6) is -2.26. The van der Waals surface area contributed by atoms with Crippen LogP contribution in [0.4, 0.5) is 0 Å². The minimum Gasteiger partial charge on any atom is -0.480 e. The predicted molar refractivity (Wildman–Crippen MR) is 97.6 cm³/mol. The zero-order chi connectivity index (χ0) is 19.8. The van der Waals surface area contributed by atoms with E-state index in [1.807, 2.05) is 6.07 Å². The predicted octanol–water partition coefficient (Wildman–Crippen LogP) is -0.782. The second-order valence-electron chi connectivity index (χ2n) is 6.11. The number of hydrogen-bond acceptors (Lipinski definition) is 5. The number of carbonyl (C=O) groups excluding carboxylic acids is 2. The van der Waals surface area contributed by atoms with Crippen molar-refractivity contribution in [3.63, 3.8) is 0 Å². The number of amides is 2. The van der Waals surface area contributed by atoms with Gasteiger partial charge in [-0.15, -0.1) is 0 Å². The molecular formula is C18H23N5O4. The van der Waals surface area contributed by atoms with Gasteiger partial charge in [0.05, 0.1) is 12.9 Å². The molecule has 1 heterocycles. The molecule has 2 aromatic rings. The van der Waals surface area contributed by atoms with Gasteiger partial charge in [0, 0.05) is 31.8 Å². The largest absolute Gasteiger partial charge is 0.480 e. The first-order valence-electron chi connectivity index (χ1n) is 8.42. The molecule has 2 amide bonds. The second kappa shape index (κ2) is 9.48. The van der Waals surface area contributed by atoms with E-state index in [9.17, 15) is 19.5 Å². The standard InChI is InChI=1S/C18H23N5O4/c1-23-11-20-10-13(23)8-14(21-16(24)9-19)17(25)22-15(18(26)27)7-12-5-3-2-4-6-12/h2-6,10-11,14-15H,7-9,19H2,1H3,(H,21,24)(H,22,25)(H,26,27). The molecule has 1 aromatic heterocycles. The van der Waals surface area contributed by atoms with Crippen LogP contribution in [-0.4, -0.2) is 51.1 Å². The summed E-state index contributed by atoms with van der Waals surface area (Å²) in [6, 6.07) is 6.89. The number of carboxylic acids is 1. The molecule has 0 spiro atoms. The van der Waals surface area contributed by atoms with Crippen molar-refractivity contribution < 1.29 is 19.5 Å². The summed E-state index contributed by atoms with van der Waals surface area (Å²) in [6.07, 6.45) is 3.44. The highest BCUT2D eigenvalue weighted by atomic mass is 16.4. The molecule has 0 saturated carbocycles. The summed E-state index contributed by atoms with van der Waals surface area (Å²) in [6.45, 7) is -0.276. The first-order chi connectivity index (χ1) is 12.9. The molecule has 0 saturated heterocycles. The molecule has 0 radical (unpaired) electrons. The van der Waals surface area contributed by atoms with Gasteiger partial charge in [-0.3, -0.25) is 9.59 Å². The third-order valence-corrected chi connectivity index (χ3v) is 4.06. The van der Waals surface area contributed by atoms with Crippen molar-refractivity contribution in [1.82, 2.24) is 20.2 Å². The van der Waals surface area contributed by atoms with E-state index in [1.165, 1.54) is 0 Å². The SMILES string of the molecule is Cn1cncc1CC(NC(=O)CN)C(=O)NC(Cc1ccccc1)C(=O)O. The molecule has 27 heavy (non-hydrogen) atoms. The smallest absolute Gasteiger partial charge is 0.326 e. The Bertz CT molecular complexity index is 790. The van der Waals surface area contributed by atoms with E-state index in [0.717, 1.165) is 5.56 Å². The van der Waals surface area contributed by atoms with Gasteiger partial charge in [0.15, 0.2) is 0 Å². The maximum absolute atomic E-state index is 12.7. The van der Waals surface area contributed by atoms with Crippen molar-refractivity contribution in [3.05, 3.63) is 54.1 Å². The number of imidazole rings is 1. The van der Waals surface area contributed by atoms with Gasteiger partial charge in [-0.1, -0.05) is 30.3 Å². The summed E-state index contributed by atoms with van der Waals surface area (Å²) in [7, 11) is 1.76. The first-order valence-corrected chi connectivity index (χ1v) is 8.42. The van der Waals surface area contributed by atoms with Gasteiger partial charge < -0.3 is 26.0 Å². The van der Waals surface area contributed by atoms with Crippen LogP contribution in [0.2, 0.25) is 0 Å². The van der Waals surface area contributed by atoms with Crippen LogP contribution in [0.1, 0.15) is 11.3 Å². The number of nitrogens with two attached hydrogens (primary N) is 1. The van der Waals surface area contributed by atoms with Crippen LogP contribution in [0.15, 0.2) is 42.9 Å². The fraction of sp³-hybridized carbons (Fsp3) is 0.333. The van der Waals surface area contributed by atoms with Crippen molar-refractivity contribution in [2.45, 2.75) is 24.9 Å². The molecule has 2 unspecified atom stereocenters. The second-order valence-corrected chi connectivity index (χ2v) is 6.11. The minimum absolute atomic E-state index is 0.130. The number of aromatic nitrogens is 2. The average Bonchev–Trinajstić information content (AvgIpc) is 3.05. The van der Waals surface area contributed by atoms with Gasteiger partial charge in [-0.2, -0.15) is 0 Å². The Balaban J connectivity index is 2.12. The number of hydrogen-bond donors (Lipinski definition) is 4. The molecular weight excluding hydrogens is 350 g/mol. The lowest BCUT2D eigenvalue weighted by Crippen LogP contribution is -2.54. The zero-order valence-electron chi connectivity index (χ0n) is 15.0. The molecule has 9 heteroatoms. The summed E-state index contributed by atoms with van der Waals surface area (Å²) >= 11 is 0. The van der Waals surface area contributed by atoms with Gasteiger partial charge >= 0.3 is 5.97 Å². The molecule has 0 aliphatic heterocycles. The molecule has 1 aromatic carbocycles. The summed E-state index contributed by atoms with van der Waals surface area (Å²) in [4.78, 5) is 39.9. The van der Waals surface area contributed by atoms with Crippen molar-refractivity contribution in [2.75, 3.05) is 6.54 Å². The average molecular weight is 373 g/mol. The maximum Gasteiger partial charge on any atom is 0.326 e. The molecule has 2 atom stereocenters. The van der Waals surface area contributed by atoms with Crippen LogP contribution in [0.5, 0.6) is 0 Å². The third-order valence-electron chi connectivity index (χ3n) is 4.06. The number of rotatable bonds is 9. The topological polar surface area (TPSA) is 139 Å². The van der Waals surface area contributed by atoms with Gasteiger partial charge in [-0.25, -0.2) is 9.78 Å². The monoisotopic (exact) mass is 373 g/mol. The fourth-order valence-corrected chi connectivity index (χ4v) is 2.58. The number of nitrogens with zero attached hydrogens (tertiary/aromatic N) is 2. The van der Waals surface area contributed by atoms with E-state index in [4.69, 9.17) is 5.73 Å². The minimum atomic E-state index is -1.16. The lowest BCUT2D eigenvalue weighted by atomic mass is 10.0. The lowest BCUT2D eigenvalue weighted by Gasteiger charge is -2.21. The van der Waals surface area contributed by atoms with Gasteiger partial charge in [0.25, 0.3) is 0 Å². The molecule has 144 valence electrons. The van der Waals surface area contributed by atoms with Crippen molar-refractivity contribution in [3.8, 4) is 0 Å². The Morgan fingerprint density at radius 3 is 2.41 bits per heavy atom. The lowest BCUT2D eigenvalue weighted by molar-refractivity contribution is -0.142. The maximum atomic E-state index is 12.7. The van der Waals surface area contributed by atoms with Gasteiger partial charge in [0.2, 0.25) is 11.8 Å². The number of aryl methyl sites for hydroxylation is 1. The molecule has 0 bridgehead atoms. The normalized spacial score (nSPS) is 12.8.